The van der Waals surface area contributed by atoms with Crippen molar-refractivity contribution in [2.24, 2.45) is 0 Å². The molecule has 0 bridgehead atoms. The van der Waals surface area contributed by atoms with E-state index >= 15 is 0 Å². The molecule has 0 saturated carbocycles. The average Bonchev–Trinajstić information content (AvgIpc) is 3.32. The normalized spacial score (nSPS) is 16.1. The quantitative estimate of drug-likeness (QED) is 0.290. The van der Waals surface area contributed by atoms with Crippen LogP contribution in [0.1, 0.15) is 5.56 Å². The summed E-state index contributed by atoms with van der Waals surface area (Å²) in [4.78, 5) is 34.2. The van der Waals surface area contributed by atoms with Crippen LogP contribution in [0.5, 0.6) is 5.75 Å². The lowest BCUT2D eigenvalue weighted by molar-refractivity contribution is -0.384. The summed E-state index contributed by atoms with van der Waals surface area (Å²) < 4.78 is 37.3. The Morgan fingerprint density at radius 2 is 1.76 bits per heavy atom. The minimum Gasteiger partial charge on any atom is -0.497 e. The van der Waals surface area contributed by atoms with E-state index in [1.54, 1.807) is 19.2 Å². The highest BCUT2D eigenvalue weighted by Crippen LogP contribution is 2.24. The van der Waals surface area contributed by atoms with Gasteiger partial charge in [-0.05, 0) is 36.2 Å². The van der Waals surface area contributed by atoms with Gasteiger partial charge in [0.25, 0.3) is 5.69 Å². The number of hydrogen-bond acceptors (Lipinski definition) is 8. The molecule has 1 saturated heterocycles. The summed E-state index contributed by atoms with van der Waals surface area (Å²) in [6.07, 6.45) is -0.507. The van der Waals surface area contributed by atoms with Crippen LogP contribution in [0.2, 0.25) is 0 Å². The first-order valence-corrected chi connectivity index (χ1v) is 11.7. The van der Waals surface area contributed by atoms with E-state index in [4.69, 9.17) is 9.47 Å². The summed E-state index contributed by atoms with van der Waals surface area (Å²) in [6, 6.07) is 11.7. The monoisotopic (exact) mass is 492 g/mol. The molecule has 2 amide bonds. The second-order valence-electron chi connectivity index (χ2n) is 7.26. The van der Waals surface area contributed by atoms with Gasteiger partial charge in [-0.3, -0.25) is 19.7 Å². The van der Waals surface area contributed by atoms with Crippen LogP contribution in [-0.4, -0.2) is 69.0 Å². The lowest BCUT2D eigenvalue weighted by Gasteiger charge is -2.22. The molecule has 2 N–H and O–H groups in total. The molecule has 1 aliphatic heterocycles. The first-order chi connectivity index (χ1) is 16.2. The fourth-order valence-corrected chi connectivity index (χ4v) is 4.78. The summed E-state index contributed by atoms with van der Waals surface area (Å²) in [6.45, 7) is 0.130. The number of nitro benzene ring substituents is 1. The summed E-state index contributed by atoms with van der Waals surface area (Å²) in [7, 11) is -2.46. The van der Waals surface area contributed by atoms with Crippen LogP contribution in [0.3, 0.4) is 0 Å². The Bertz CT molecular complexity index is 1140. The molecule has 2 aromatic carbocycles. The number of carbonyl (C=O) groups is 2. The molecule has 1 atom stereocenters. The second kappa shape index (κ2) is 11.0. The number of benzene rings is 2. The minimum absolute atomic E-state index is 0.0356. The van der Waals surface area contributed by atoms with Crippen molar-refractivity contribution in [2.75, 3.05) is 33.4 Å². The van der Waals surface area contributed by atoms with Crippen molar-refractivity contribution in [3.8, 4) is 5.75 Å². The Hall–Kier alpha value is -3.55. The van der Waals surface area contributed by atoms with Gasteiger partial charge in [-0.15, -0.1) is 0 Å². The van der Waals surface area contributed by atoms with E-state index in [1.165, 1.54) is 0 Å². The number of ether oxygens (including phenoxy) is 2. The molecule has 0 radical (unpaired) electrons. The van der Waals surface area contributed by atoms with Gasteiger partial charge < -0.3 is 20.1 Å². The molecule has 1 heterocycles. The molecule has 0 spiro atoms. The first-order valence-electron chi connectivity index (χ1n) is 10.3. The predicted octanol–water partition coefficient (Wildman–Crippen LogP) is 0.426. The summed E-state index contributed by atoms with van der Waals surface area (Å²) >= 11 is 0. The van der Waals surface area contributed by atoms with Gasteiger partial charge in [-0.2, -0.15) is 4.31 Å². The molecule has 12 nitrogen and oxygen atoms in total. The Labute approximate surface area is 196 Å². The molecule has 0 aromatic heterocycles. The first kappa shape index (κ1) is 25.1. The fourth-order valence-electron chi connectivity index (χ4n) is 3.27. The number of sulfonamides is 1. The van der Waals surface area contributed by atoms with Crippen LogP contribution in [0.25, 0.3) is 0 Å². The highest BCUT2D eigenvalue weighted by Gasteiger charge is 2.36. The number of carbonyl (C=O) groups excluding carboxylic acids is 2. The van der Waals surface area contributed by atoms with Crippen molar-refractivity contribution in [3.05, 3.63) is 64.2 Å². The minimum atomic E-state index is -4.02. The number of nitrogens with one attached hydrogen (secondary N) is 2. The van der Waals surface area contributed by atoms with E-state index in [1.807, 2.05) is 12.1 Å². The number of amides is 2. The van der Waals surface area contributed by atoms with Crippen LogP contribution < -0.4 is 15.4 Å². The molecule has 2 aromatic rings. The molecule has 0 unspecified atom stereocenters. The topological polar surface area (TPSA) is 157 Å². The number of nitrogens with zero attached hydrogens (tertiary/aromatic N) is 2. The van der Waals surface area contributed by atoms with Gasteiger partial charge in [-0.1, -0.05) is 12.1 Å². The molecule has 3 rings (SSSR count). The van der Waals surface area contributed by atoms with Crippen molar-refractivity contribution in [1.29, 1.82) is 0 Å². The number of nitro groups is 1. The standard InChI is InChI=1S/C21H24N4O8S/c1-32-17-6-2-15(3-7-17)10-11-22-20(26)21(27)23-14-19-24(12-13-33-19)34(30,31)18-8-4-16(5-9-18)25(28)29/h2-9,19H,10-14H2,1H3,(H,22,26)(H,23,27)/t19-/m1/s1. The van der Waals surface area contributed by atoms with E-state index in [2.05, 4.69) is 10.6 Å². The van der Waals surface area contributed by atoms with Crippen LogP contribution >= 0.6 is 0 Å². The largest absolute Gasteiger partial charge is 0.497 e. The smallest absolute Gasteiger partial charge is 0.309 e. The van der Waals surface area contributed by atoms with E-state index in [-0.39, 0.29) is 36.8 Å². The van der Waals surface area contributed by atoms with Crippen molar-refractivity contribution < 1.29 is 32.4 Å². The number of rotatable bonds is 9. The third kappa shape index (κ3) is 6.07. The van der Waals surface area contributed by atoms with Crippen LogP contribution in [0.4, 0.5) is 5.69 Å². The summed E-state index contributed by atoms with van der Waals surface area (Å²) in [5.74, 6) is -1.06. The third-order valence-corrected chi connectivity index (χ3v) is 7.00. The molecular formula is C21H24N4O8S. The Balaban J connectivity index is 1.50. The maximum atomic E-state index is 12.9. The number of methoxy groups -OCH3 is 1. The third-order valence-electron chi connectivity index (χ3n) is 5.10. The van der Waals surface area contributed by atoms with E-state index in [9.17, 15) is 28.1 Å². The highest BCUT2D eigenvalue weighted by molar-refractivity contribution is 7.89. The van der Waals surface area contributed by atoms with E-state index < -0.39 is 33.0 Å². The molecule has 1 fully saturated rings. The summed E-state index contributed by atoms with van der Waals surface area (Å²) in [5, 5.41) is 15.7. The zero-order valence-electron chi connectivity index (χ0n) is 18.3. The van der Waals surface area contributed by atoms with Gasteiger partial charge in [0.1, 0.15) is 12.0 Å². The van der Waals surface area contributed by atoms with E-state index in [0.29, 0.717) is 12.2 Å². The Morgan fingerprint density at radius 3 is 2.38 bits per heavy atom. The number of non-ortho nitro benzene ring substituents is 1. The SMILES string of the molecule is COc1ccc(CCNC(=O)C(=O)NC[C@H]2OCCN2S(=O)(=O)c2ccc([N+](=O)[O-])cc2)cc1. The van der Waals surface area contributed by atoms with Crippen molar-refractivity contribution in [3.63, 3.8) is 0 Å². The zero-order chi connectivity index (χ0) is 24.7. The van der Waals surface area contributed by atoms with Crippen molar-refractivity contribution in [1.82, 2.24) is 14.9 Å². The maximum absolute atomic E-state index is 12.9. The Morgan fingerprint density at radius 1 is 1.12 bits per heavy atom. The molecular weight excluding hydrogens is 468 g/mol. The van der Waals surface area contributed by atoms with Crippen LogP contribution in [-0.2, 0) is 30.8 Å². The zero-order valence-corrected chi connectivity index (χ0v) is 19.1. The van der Waals surface area contributed by atoms with Crippen molar-refractivity contribution in [2.45, 2.75) is 17.5 Å². The van der Waals surface area contributed by atoms with Gasteiger partial charge >= 0.3 is 11.8 Å². The predicted molar refractivity (Wildman–Crippen MR) is 119 cm³/mol. The molecule has 1 aliphatic rings. The van der Waals surface area contributed by atoms with Gasteiger partial charge in [0, 0.05) is 25.2 Å². The molecule has 0 aliphatic carbocycles. The molecule has 34 heavy (non-hydrogen) atoms. The lowest BCUT2D eigenvalue weighted by atomic mass is 10.1. The molecule has 182 valence electrons. The average molecular weight is 493 g/mol. The maximum Gasteiger partial charge on any atom is 0.309 e. The Kier molecular flexibility index (Phi) is 8.15. The van der Waals surface area contributed by atoms with Gasteiger partial charge in [0.2, 0.25) is 10.0 Å². The van der Waals surface area contributed by atoms with E-state index in [0.717, 1.165) is 34.1 Å². The number of hydrogen-bond donors (Lipinski definition) is 2. The van der Waals surface area contributed by atoms with Crippen molar-refractivity contribution >= 4 is 27.5 Å². The van der Waals surface area contributed by atoms with Crippen LogP contribution in [0.15, 0.2) is 53.4 Å². The van der Waals surface area contributed by atoms with Gasteiger partial charge in [0.15, 0.2) is 0 Å². The second-order valence-corrected chi connectivity index (χ2v) is 9.15. The summed E-state index contributed by atoms with van der Waals surface area (Å²) in [5.41, 5.74) is 0.714. The lowest BCUT2D eigenvalue weighted by Crippen LogP contribution is -2.47. The highest BCUT2D eigenvalue weighted by atomic mass is 32.2. The fraction of sp³-hybridized carbons (Fsp3) is 0.333. The van der Waals surface area contributed by atoms with Gasteiger partial charge in [0.05, 0.1) is 30.1 Å². The van der Waals surface area contributed by atoms with Gasteiger partial charge in [-0.25, -0.2) is 8.42 Å². The van der Waals surface area contributed by atoms with Crippen LogP contribution in [0, 0.1) is 10.1 Å². The molecule has 13 heteroatoms.